The highest BCUT2D eigenvalue weighted by molar-refractivity contribution is 7.20. The highest BCUT2D eigenvalue weighted by atomic mass is 32.1. The molecule has 6 nitrogen and oxygen atoms in total. The van der Waals surface area contributed by atoms with Gasteiger partial charge in [0, 0.05) is 17.8 Å². The molecule has 3 aromatic rings. The second-order valence-corrected chi connectivity index (χ2v) is 9.16. The molecule has 0 radical (unpaired) electrons. The molecule has 0 spiro atoms. The molecule has 3 aromatic heterocycles. The lowest BCUT2D eigenvalue weighted by Crippen LogP contribution is -2.36. The number of hydrogen-bond acceptors (Lipinski definition) is 6. The molecule has 1 amide bonds. The summed E-state index contributed by atoms with van der Waals surface area (Å²) in [6.45, 7) is 6.66. The van der Waals surface area contributed by atoms with Gasteiger partial charge in [0.05, 0.1) is 22.9 Å². The van der Waals surface area contributed by atoms with Gasteiger partial charge in [0.2, 0.25) is 0 Å². The number of carbonyl (C=O) groups is 1. The number of furan rings is 1. The topological polar surface area (TPSA) is 71.3 Å². The first-order chi connectivity index (χ1) is 14.1. The van der Waals surface area contributed by atoms with E-state index < -0.39 is 0 Å². The maximum Gasteiger partial charge on any atom is 0.261 e. The van der Waals surface area contributed by atoms with Gasteiger partial charge >= 0.3 is 0 Å². The highest BCUT2D eigenvalue weighted by Gasteiger charge is 2.29. The minimum atomic E-state index is -0.0337. The van der Waals surface area contributed by atoms with Crippen molar-refractivity contribution >= 4 is 27.5 Å². The predicted octanol–water partition coefficient (Wildman–Crippen LogP) is 4.35. The molecule has 1 N–H and O–H groups in total. The van der Waals surface area contributed by atoms with Gasteiger partial charge in [0.15, 0.2) is 0 Å². The van der Waals surface area contributed by atoms with Crippen LogP contribution < -0.4 is 5.32 Å². The quantitative estimate of drug-likeness (QED) is 0.654. The fourth-order valence-corrected chi connectivity index (χ4v) is 5.47. The number of likely N-dealkylation sites (tertiary alicyclic amines) is 1. The third kappa shape index (κ3) is 3.57. The Morgan fingerprint density at radius 1 is 1.31 bits per heavy atom. The molecule has 4 heterocycles. The van der Waals surface area contributed by atoms with Crippen LogP contribution in [0.4, 0.5) is 0 Å². The number of aromatic nitrogens is 2. The van der Waals surface area contributed by atoms with Gasteiger partial charge in [-0.2, -0.15) is 0 Å². The molecule has 2 fully saturated rings. The molecule has 152 valence electrons. The third-order valence-corrected chi connectivity index (χ3v) is 7.23. The highest BCUT2D eigenvalue weighted by Crippen LogP contribution is 2.40. The van der Waals surface area contributed by atoms with Crippen LogP contribution in [0.2, 0.25) is 0 Å². The first-order valence-corrected chi connectivity index (χ1v) is 11.3. The Morgan fingerprint density at radius 3 is 2.79 bits per heavy atom. The van der Waals surface area contributed by atoms with Crippen LogP contribution in [0.25, 0.3) is 10.2 Å². The Labute approximate surface area is 174 Å². The number of amides is 1. The lowest BCUT2D eigenvalue weighted by Gasteiger charge is -2.25. The number of nitrogens with one attached hydrogen (secondary N) is 1. The van der Waals surface area contributed by atoms with E-state index in [0.717, 1.165) is 51.0 Å². The van der Waals surface area contributed by atoms with Crippen LogP contribution in [0.15, 0.2) is 22.8 Å². The number of nitrogens with zero attached hydrogens (tertiary/aromatic N) is 3. The summed E-state index contributed by atoms with van der Waals surface area (Å²) in [5, 5.41) is 4.19. The van der Waals surface area contributed by atoms with E-state index >= 15 is 0 Å². The Hall–Kier alpha value is -2.25. The Kier molecular flexibility index (Phi) is 4.87. The fourth-order valence-electron chi connectivity index (χ4n) is 4.31. The molecule has 29 heavy (non-hydrogen) atoms. The van der Waals surface area contributed by atoms with Gasteiger partial charge in [-0.25, -0.2) is 9.97 Å². The van der Waals surface area contributed by atoms with Gasteiger partial charge in [-0.05, 0) is 70.3 Å². The zero-order valence-corrected chi connectivity index (χ0v) is 17.7. The van der Waals surface area contributed by atoms with Crippen molar-refractivity contribution in [2.45, 2.75) is 51.5 Å². The van der Waals surface area contributed by atoms with E-state index in [1.54, 1.807) is 6.26 Å². The number of hydrogen-bond donors (Lipinski definition) is 1. The van der Waals surface area contributed by atoms with Crippen molar-refractivity contribution in [3.63, 3.8) is 0 Å². The van der Waals surface area contributed by atoms with Crippen molar-refractivity contribution in [3.05, 3.63) is 46.1 Å². The summed E-state index contributed by atoms with van der Waals surface area (Å²) in [6, 6.07) is 3.99. The molecule has 1 aliphatic carbocycles. The number of rotatable bonds is 6. The van der Waals surface area contributed by atoms with Gasteiger partial charge in [0.1, 0.15) is 16.4 Å². The van der Waals surface area contributed by atoms with Crippen molar-refractivity contribution in [3.8, 4) is 0 Å². The van der Waals surface area contributed by atoms with E-state index in [1.807, 2.05) is 26.0 Å². The average Bonchev–Trinajstić information content (AvgIpc) is 3.10. The zero-order chi connectivity index (χ0) is 20.0. The van der Waals surface area contributed by atoms with E-state index in [0.29, 0.717) is 12.5 Å². The van der Waals surface area contributed by atoms with Crippen molar-refractivity contribution < 1.29 is 9.21 Å². The molecular weight excluding hydrogens is 384 g/mol. The Bertz CT molecular complexity index is 1030. The zero-order valence-electron chi connectivity index (χ0n) is 16.9. The van der Waals surface area contributed by atoms with Crippen LogP contribution in [0.5, 0.6) is 0 Å². The summed E-state index contributed by atoms with van der Waals surface area (Å²) >= 11 is 1.49. The largest absolute Gasteiger partial charge is 0.468 e. The molecule has 1 unspecified atom stereocenters. The second kappa shape index (κ2) is 7.54. The van der Waals surface area contributed by atoms with Crippen molar-refractivity contribution in [1.82, 2.24) is 20.2 Å². The van der Waals surface area contributed by atoms with Crippen LogP contribution in [-0.2, 0) is 0 Å². The van der Waals surface area contributed by atoms with E-state index in [1.165, 1.54) is 37.0 Å². The second-order valence-electron chi connectivity index (χ2n) is 8.16. The Morgan fingerprint density at radius 2 is 2.10 bits per heavy atom. The van der Waals surface area contributed by atoms with E-state index in [2.05, 4.69) is 10.2 Å². The van der Waals surface area contributed by atoms with Gasteiger partial charge in [-0.15, -0.1) is 11.3 Å². The Balaban J connectivity index is 1.38. The maximum absolute atomic E-state index is 13.1. The van der Waals surface area contributed by atoms with Crippen LogP contribution in [0, 0.1) is 13.8 Å². The van der Waals surface area contributed by atoms with Crippen LogP contribution >= 0.6 is 11.3 Å². The number of thiophene rings is 1. The minimum absolute atomic E-state index is 0.0337. The first kappa shape index (κ1) is 18.8. The molecular formula is C22H26N4O2S. The lowest BCUT2D eigenvalue weighted by molar-refractivity contribution is 0.0937. The number of carbonyl (C=O) groups excluding carboxylic acids is 1. The monoisotopic (exact) mass is 410 g/mol. The van der Waals surface area contributed by atoms with Gasteiger partial charge in [0.25, 0.3) is 5.91 Å². The summed E-state index contributed by atoms with van der Waals surface area (Å²) in [5.41, 5.74) is 1.97. The molecule has 1 atom stereocenters. The fraction of sp³-hybridized carbons (Fsp3) is 0.500. The summed E-state index contributed by atoms with van der Waals surface area (Å²) in [6.07, 6.45) is 6.44. The standard InChI is InChI=1S/C22H26N4O2S/c1-13-18-14(2)24-20(15-7-8-15)25-22(18)29-19(13)21(27)23-12-16(17-6-5-11-28-17)26-9-3-4-10-26/h5-6,11,15-16H,3-4,7-10,12H2,1-2H3,(H,23,27). The molecule has 7 heteroatoms. The van der Waals surface area contributed by atoms with Gasteiger partial charge < -0.3 is 9.73 Å². The number of fused-ring (bicyclic) bond motifs is 1. The molecule has 1 saturated heterocycles. The smallest absolute Gasteiger partial charge is 0.261 e. The van der Waals surface area contributed by atoms with Crippen molar-refractivity contribution in [1.29, 1.82) is 0 Å². The normalized spacial score (nSPS) is 18.4. The molecule has 5 rings (SSSR count). The van der Waals surface area contributed by atoms with Crippen molar-refractivity contribution in [2.24, 2.45) is 0 Å². The molecule has 0 bridgehead atoms. The summed E-state index contributed by atoms with van der Waals surface area (Å²) < 4.78 is 5.67. The average molecular weight is 411 g/mol. The molecule has 1 aliphatic heterocycles. The molecule has 2 aliphatic rings. The minimum Gasteiger partial charge on any atom is -0.468 e. The van der Waals surface area contributed by atoms with Gasteiger partial charge in [-0.1, -0.05) is 0 Å². The SMILES string of the molecule is Cc1nc(C2CC2)nc2sc(C(=O)NCC(c3ccco3)N3CCCC3)c(C)c12. The predicted molar refractivity (Wildman–Crippen MR) is 113 cm³/mol. The third-order valence-electron chi connectivity index (χ3n) is 6.05. The molecule has 0 aromatic carbocycles. The van der Waals surface area contributed by atoms with Gasteiger partial charge in [-0.3, -0.25) is 9.69 Å². The van der Waals surface area contributed by atoms with Crippen LogP contribution in [0.3, 0.4) is 0 Å². The van der Waals surface area contributed by atoms with Crippen LogP contribution in [-0.4, -0.2) is 40.4 Å². The first-order valence-electron chi connectivity index (χ1n) is 10.4. The van der Waals surface area contributed by atoms with E-state index in [-0.39, 0.29) is 11.9 Å². The maximum atomic E-state index is 13.1. The van der Waals surface area contributed by atoms with E-state index in [4.69, 9.17) is 14.4 Å². The lowest BCUT2D eigenvalue weighted by atomic mass is 10.1. The molecule has 1 saturated carbocycles. The summed E-state index contributed by atoms with van der Waals surface area (Å²) in [5.74, 6) is 2.33. The number of aryl methyl sites for hydroxylation is 2. The van der Waals surface area contributed by atoms with E-state index in [9.17, 15) is 4.79 Å². The van der Waals surface area contributed by atoms with Crippen LogP contribution in [0.1, 0.15) is 70.2 Å². The summed E-state index contributed by atoms with van der Waals surface area (Å²) in [4.78, 5) is 26.6. The van der Waals surface area contributed by atoms with Crippen molar-refractivity contribution in [2.75, 3.05) is 19.6 Å². The summed E-state index contributed by atoms with van der Waals surface area (Å²) in [7, 11) is 0.